The van der Waals surface area contributed by atoms with Gasteiger partial charge in [-0.1, -0.05) is 67.1 Å². The van der Waals surface area contributed by atoms with Gasteiger partial charge in [-0.05, 0) is 35.7 Å². The van der Waals surface area contributed by atoms with Gasteiger partial charge in [0.15, 0.2) is 11.6 Å². The van der Waals surface area contributed by atoms with Crippen molar-refractivity contribution in [1.82, 2.24) is 10.2 Å². The first-order chi connectivity index (χ1) is 18.5. The summed E-state index contributed by atoms with van der Waals surface area (Å²) in [5, 5.41) is 3.19. The standard InChI is InChI=1S/C28H30ClF2N3O4S/c1-3-15-32-28(36)26(16-20-9-5-4-6-10-20)33(18-21-11-7-8-12-23(21)29)27(35)19-34(39(2,37)38)22-13-14-24(30)25(31)17-22/h4-14,17,26H,3,15-16,18-19H2,1-2H3,(H,32,36)/t26-/m1/s1. The summed E-state index contributed by atoms with van der Waals surface area (Å²) in [6.07, 6.45) is 1.67. The first-order valence-corrected chi connectivity index (χ1v) is 14.5. The lowest BCUT2D eigenvalue weighted by atomic mass is 10.0. The molecule has 11 heteroatoms. The van der Waals surface area contributed by atoms with Gasteiger partial charge >= 0.3 is 0 Å². The van der Waals surface area contributed by atoms with Crippen LogP contribution in [-0.2, 0) is 32.6 Å². The van der Waals surface area contributed by atoms with Crippen molar-refractivity contribution in [3.8, 4) is 0 Å². The third-order valence-corrected chi connectivity index (χ3v) is 7.50. The van der Waals surface area contributed by atoms with Crippen LogP contribution in [0.3, 0.4) is 0 Å². The lowest BCUT2D eigenvalue weighted by molar-refractivity contribution is -0.140. The number of carbonyl (C=O) groups is 2. The van der Waals surface area contributed by atoms with Gasteiger partial charge in [0.05, 0.1) is 11.9 Å². The first kappa shape index (κ1) is 30.0. The van der Waals surface area contributed by atoms with Crippen LogP contribution in [0.25, 0.3) is 0 Å². The minimum Gasteiger partial charge on any atom is -0.354 e. The number of carbonyl (C=O) groups excluding carboxylic acids is 2. The molecule has 0 aliphatic heterocycles. The molecule has 3 rings (SSSR count). The van der Waals surface area contributed by atoms with E-state index >= 15 is 0 Å². The minimum atomic E-state index is -4.11. The van der Waals surface area contributed by atoms with Gasteiger partial charge in [0, 0.05) is 30.6 Å². The highest BCUT2D eigenvalue weighted by molar-refractivity contribution is 7.92. The summed E-state index contributed by atoms with van der Waals surface area (Å²) < 4.78 is 53.6. The van der Waals surface area contributed by atoms with Crippen molar-refractivity contribution >= 4 is 39.1 Å². The Morgan fingerprint density at radius 1 is 0.974 bits per heavy atom. The lowest BCUT2D eigenvalue weighted by Crippen LogP contribution is -2.53. The fourth-order valence-electron chi connectivity index (χ4n) is 3.98. The Kier molecular flexibility index (Phi) is 10.4. The number of benzene rings is 3. The third kappa shape index (κ3) is 8.24. The van der Waals surface area contributed by atoms with Crippen LogP contribution in [0.4, 0.5) is 14.5 Å². The van der Waals surface area contributed by atoms with Crippen LogP contribution in [0, 0.1) is 11.6 Å². The van der Waals surface area contributed by atoms with Gasteiger partial charge in [-0.3, -0.25) is 13.9 Å². The molecule has 0 heterocycles. The second-order valence-electron chi connectivity index (χ2n) is 8.98. The van der Waals surface area contributed by atoms with Gasteiger partial charge in [0.1, 0.15) is 12.6 Å². The van der Waals surface area contributed by atoms with Gasteiger partial charge in [-0.25, -0.2) is 17.2 Å². The monoisotopic (exact) mass is 577 g/mol. The molecule has 0 aliphatic carbocycles. The predicted octanol–water partition coefficient (Wildman–Crippen LogP) is 4.55. The van der Waals surface area contributed by atoms with Crippen molar-refractivity contribution < 1.29 is 26.8 Å². The zero-order chi connectivity index (χ0) is 28.6. The molecule has 3 aromatic rings. The molecule has 0 spiro atoms. The quantitative estimate of drug-likeness (QED) is 0.342. The molecule has 1 N–H and O–H groups in total. The van der Waals surface area contributed by atoms with Crippen LogP contribution < -0.4 is 9.62 Å². The molecule has 7 nitrogen and oxygen atoms in total. The molecule has 0 aromatic heterocycles. The van der Waals surface area contributed by atoms with E-state index in [4.69, 9.17) is 11.6 Å². The van der Waals surface area contributed by atoms with E-state index in [-0.39, 0.29) is 18.7 Å². The maximum Gasteiger partial charge on any atom is 0.244 e. The molecule has 3 aromatic carbocycles. The lowest BCUT2D eigenvalue weighted by Gasteiger charge is -2.33. The Hall–Kier alpha value is -3.50. The van der Waals surface area contributed by atoms with Gasteiger partial charge in [0.2, 0.25) is 21.8 Å². The van der Waals surface area contributed by atoms with Gasteiger partial charge in [-0.2, -0.15) is 0 Å². The van der Waals surface area contributed by atoms with Gasteiger partial charge in [-0.15, -0.1) is 0 Å². The number of nitrogens with zero attached hydrogens (tertiary/aromatic N) is 2. The van der Waals surface area contributed by atoms with E-state index < -0.39 is 46.1 Å². The third-order valence-electron chi connectivity index (χ3n) is 5.99. The molecule has 208 valence electrons. The molecular formula is C28H30ClF2N3O4S. The van der Waals surface area contributed by atoms with Crippen molar-refractivity contribution in [1.29, 1.82) is 0 Å². The number of halogens is 3. The largest absolute Gasteiger partial charge is 0.354 e. The zero-order valence-corrected chi connectivity index (χ0v) is 23.2. The van der Waals surface area contributed by atoms with Crippen LogP contribution >= 0.6 is 11.6 Å². The van der Waals surface area contributed by atoms with Gasteiger partial charge in [0.25, 0.3) is 0 Å². The topological polar surface area (TPSA) is 86.8 Å². The number of hydrogen-bond acceptors (Lipinski definition) is 4. The van der Waals surface area contributed by atoms with Crippen LogP contribution in [0.5, 0.6) is 0 Å². The maximum atomic E-state index is 14.0. The second-order valence-corrected chi connectivity index (χ2v) is 11.3. The smallest absolute Gasteiger partial charge is 0.244 e. The highest BCUT2D eigenvalue weighted by Crippen LogP contribution is 2.24. The van der Waals surface area contributed by atoms with E-state index in [2.05, 4.69) is 5.32 Å². The highest BCUT2D eigenvalue weighted by atomic mass is 35.5. The second kappa shape index (κ2) is 13.5. The van der Waals surface area contributed by atoms with E-state index in [9.17, 15) is 26.8 Å². The Bertz CT molecular complexity index is 1410. The summed E-state index contributed by atoms with van der Waals surface area (Å²) in [5.74, 6) is -3.56. The number of anilines is 1. The van der Waals surface area contributed by atoms with E-state index in [1.807, 2.05) is 37.3 Å². The summed E-state index contributed by atoms with van der Waals surface area (Å²) >= 11 is 6.39. The van der Waals surface area contributed by atoms with Crippen molar-refractivity contribution in [2.75, 3.05) is 23.7 Å². The number of hydrogen-bond donors (Lipinski definition) is 1. The molecule has 39 heavy (non-hydrogen) atoms. The number of rotatable bonds is 12. The normalized spacial score (nSPS) is 12.0. The number of nitrogens with one attached hydrogen (secondary N) is 1. The van der Waals surface area contributed by atoms with Crippen molar-refractivity contribution in [3.05, 3.63) is 101 Å². The molecule has 0 aliphatic rings. The van der Waals surface area contributed by atoms with E-state index in [0.29, 0.717) is 33.9 Å². The Labute approximate surface area is 232 Å². The molecule has 1 atom stereocenters. The molecule has 0 bridgehead atoms. The first-order valence-electron chi connectivity index (χ1n) is 12.3. The SMILES string of the molecule is CCCNC(=O)[C@@H](Cc1ccccc1)N(Cc1ccccc1Cl)C(=O)CN(c1ccc(F)c(F)c1)S(C)(=O)=O. The molecule has 2 amide bonds. The van der Waals surface area contributed by atoms with Crippen molar-refractivity contribution in [3.63, 3.8) is 0 Å². The van der Waals surface area contributed by atoms with E-state index in [1.54, 1.807) is 24.3 Å². The number of sulfonamides is 1. The average Bonchev–Trinajstić information content (AvgIpc) is 2.90. The molecule has 0 saturated heterocycles. The van der Waals surface area contributed by atoms with E-state index in [0.717, 1.165) is 24.0 Å². The molecule has 0 radical (unpaired) electrons. The molecule has 0 fully saturated rings. The Morgan fingerprint density at radius 2 is 1.64 bits per heavy atom. The van der Waals surface area contributed by atoms with Crippen LogP contribution in [0.15, 0.2) is 72.8 Å². The maximum absolute atomic E-state index is 14.0. The van der Waals surface area contributed by atoms with Crippen molar-refractivity contribution in [2.45, 2.75) is 32.4 Å². The fourth-order valence-corrected chi connectivity index (χ4v) is 5.02. The van der Waals surface area contributed by atoms with Gasteiger partial charge < -0.3 is 10.2 Å². The summed E-state index contributed by atoms with van der Waals surface area (Å²) in [5.41, 5.74) is 1.11. The van der Waals surface area contributed by atoms with Crippen molar-refractivity contribution in [2.24, 2.45) is 0 Å². The fraction of sp³-hybridized carbons (Fsp3) is 0.286. The van der Waals surface area contributed by atoms with Crippen LogP contribution in [0.1, 0.15) is 24.5 Å². The molecular weight excluding hydrogens is 548 g/mol. The predicted molar refractivity (Wildman–Crippen MR) is 148 cm³/mol. The average molecular weight is 578 g/mol. The minimum absolute atomic E-state index is 0.0923. The highest BCUT2D eigenvalue weighted by Gasteiger charge is 2.33. The summed E-state index contributed by atoms with van der Waals surface area (Å²) in [4.78, 5) is 28.6. The Balaban J connectivity index is 2.06. The molecule has 0 saturated carbocycles. The van der Waals surface area contributed by atoms with Crippen LogP contribution in [0.2, 0.25) is 5.02 Å². The Morgan fingerprint density at radius 3 is 2.26 bits per heavy atom. The van der Waals surface area contributed by atoms with Crippen LogP contribution in [-0.4, -0.2) is 50.5 Å². The van der Waals surface area contributed by atoms with E-state index in [1.165, 1.54) is 4.90 Å². The summed E-state index contributed by atoms with van der Waals surface area (Å²) in [6, 6.07) is 17.4. The number of amides is 2. The summed E-state index contributed by atoms with van der Waals surface area (Å²) in [6.45, 7) is 1.43. The zero-order valence-electron chi connectivity index (χ0n) is 21.6. The molecule has 0 unspecified atom stereocenters. The summed E-state index contributed by atoms with van der Waals surface area (Å²) in [7, 11) is -4.11.